The van der Waals surface area contributed by atoms with E-state index in [1.165, 1.54) is 11.3 Å². The predicted octanol–water partition coefficient (Wildman–Crippen LogP) is 2.53. The Morgan fingerprint density at radius 2 is 2.30 bits per heavy atom. The van der Waals surface area contributed by atoms with Crippen molar-refractivity contribution in [3.8, 4) is 12.3 Å². The first-order valence-electron chi connectivity index (χ1n) is 2.39. The zero-order valence-corrected chi connectivity index (χ0v) is 8.85. The first kappa shape index (κ1) is 10.6. The van der Waals surface area contributed by atoms with Gasteiger partial charge >= 0.3 is 18.2 Å². The molecule has 1 rings (SSSR count). The molecule has 1 aromatic heterocycles. The average Bonchev–Trinajstić information content (AvgIpc) is 2.39. The van der Waals surface area contributed by atoms with E-state index >= 15 is 0 Å². The van der Waals surface area contributed by atoms with Crippen molar-refractivity contribution in [1.29, 1.82) is 0 Å². The van der Waals surface area contributed by atoms with Gasteiger partial charge in [0.1, 0.15) is 0 Å². The highest BCUT2D eigenvalue weighted by Gasteiger charge is 1.80. The van der Waals surface area contributed by atoms with E-state index < -0.39 is 18.2 Å². The van der Waals surface area contributed by atoms with Crippen molar-refractivity contribution >= 4 is 47.6 Å². The van der Waals surface area contributed by atoms with E-state index in [4.69, 9.17) is 24.6 Å². The summed E-state index contributed by atoms with van der Waals surface area (Å²) < 4.78 is 0. The van der Waals surface area contributed by atoms with Crippen LogP contribution in [0.5, 0.6) is 0 Å². The van der Waals surface area contributed by atoms with Gasteiger partial charge in [-0.05, 0) is 11.4 Å². The fourth-order valence-electron chi connectivity index (χ4n) is 0.311. The van der Waals surface area contributed by atoms with Crippen LogP contribution in [0.25, 0.3) is 0 Å². The standard InChI is InChI=1S/C6H3S.2ClH.Mg/c1-2-6-3-4-7-5-6;;;/h1,3-4H;2*1H;/q;;;+2/p-2. The molecule has 0 atom stereocenters. The molecule has 0 unspecified atom stereocenters. The number of terminal acetylenes is 1. The third kappa shape index (κ3) is 5.40. The molecule has 0 aliphatic rings. The van der Waals surface area contributed by atoms with Crippen molar-refractivity contribution in [1.82, 2.24) is 0 Å². The molecule has 1 aromatic rings. The summed E-state index contributed by atoms with van der Waals surface area (Å²) in [6.07, 6.45) is 5.02. The molecular weight excluding hydrogens is 199 g/mol. The molecule has 0 aliphatic carbocycles. The topological polar surface area (TPSA) is 0 Å². The molecule has 0 saturated heterocycles. The van der Waals surface area contributed by atoms with Gasteiger partial charge in [0.25, 0.3) is 0 Å². The van der Waals surface area contributed by atoms with Crippen LogP contribution >= 0.6 is 29.5 Å². The molecule has 1 heterocycles. The molecule has 0 nitrogen and oxygen atoms in total. The van der Waals surface area contributed by atoms with E-state index in [0.29, 0.717) is 0 Å². The van der Waals surface area contributed by atoms with Crippen LogP contribution in [0.4, 0.5) is 0 Å². The van der Waals surface area contributed by atoms with E-state index in [2.05, 4.69) is 11.3 Å². The molecule has 10 heavy (non-hydrogen) atoms. The minimum absolute atomic E-state index is 0.639. The van der Waals surface area contributed by atoms with E-state index in [-0.39, 0.29) is 0 Å². The predicted molar refractivity (Wildman–Crippen MR) is 48.6 cm³/mol. The molecule has 0 amide bonds. The number of hydrogen-bond acceptors (Lipinski definition) is 1. The molecule has 4 heteroatoms. The van der Waals surface area contributed by atoms with E-state index in [1.807, 2.05) is 11.4 Å². The Balaban J connectivity index is 0.000000236. The van der Waals surface area contributed by atoms with Crippen LogP contribution in [0.1, 0.15) is 5.56 Å². The third-order valence-corrected chi connectivity index (χ3v) is 1.24. The first-order valence-corrected chi connectivity index (χ1v) is 7.54. The molecule has 0 bridgehead atoms. The normalized spacial score (nSPS) is 6.50. The van der Waals surface area contributed by atoms with Gasteiger partial charge in [0.05, 0.1) is 5.38 Å². The number of halogens is 2. The van der Waals surface area contributed by atoms with Crippen molar-refractivity contribution in [3.63, 3.8) is 0 Å². The maximum absolute atomic E-state index is 5.02. The molecule has 0 fully saturated rings. The average molecular weight is 202 g/mol. The summed E-state index contributed by atoms with van der Waals surface area (Å²) in [6.45, 7) is 0. The van der Waals surface area contributed by atoms with Gasteiger partial charge in [-0.2, -0.15) is 0 Å². The van der Waals surface area contributed by atoms with Crippen LogP contribution in [-0.4, -0.2) is 18.2 Å². The monoisotopic (exact) mass is 201 g/mol. The Bertz CT molecular complexity index is 190. The summed E-state index contributed by atoms with van der Waals surface area (Å²) in [6, 6.07) is 1.87. The minimum Gasteiger partial charge on any atom is -0.309 e. The second kappa shape index (κ2) is 7.71. The van der Waals surface area contributed by atoms with Gasteiger partial charge in [-0.15, -0.1) is 17.8 Å². The van der Waals surface area contributed by atoms with E-state index in [1.54, 1.807) is 0 Å². The van der Waals surface area contributed by atoms with Crippen LogP contribution in [0.3, 0.4) is 0 Å². The van der Waals surface area contributed by atoms with Crippen LogP contribution in [-0.2, 0) is 0 Å². The summed E-state index contributed by atoms with van der Waals surface area (Å²) in [5.41, 5.74) is 0.852. The second-order valence-corrected chi connectivity index (χ2v) is 4.52. The zero-order chi connectivity index (χ0) is 7.82. The van der Waals surface area contributed by atoms with Gasteiger partial charge in [-0.1, -0.05) is 5.92 Å². The highest BCUT2D eigenvalue weighted by molar-refractivity contribution is 7.22. The Morgan fingerprint density at radius 3 is 2.50 bits per heavy atom. The minimum atomic E-state index is -0.639. The molecule has 49 valence electrons. The molecule has 1 radical (unpaired) electrons. The quantitative estimate of drug-likeness (QED) is 0.448. The number of hydrogen-bond donors (Lipinski definition) is 0. The largest absolute Gasteiger partial charge is 0.618 e. The fourth-order valence-corrected chi connectivity index (χ4v) is 0.837. The number of thiophene rings is 1. The maximum Gasteiger partial charge on any atom is 0.618 e. The van der Waals surface area contributed by atoms with Gasteiger partial charge in [0, 0.05) is 5.56 Å². The summed E-state index contributed by atoms with van der Waals surface area (Å²) >= 11 is 0.858. The van der Waals surface area contributed by atoms with Crippen molar-refractivity contribution < 1.29 is 0 Å². The second-order valence-electron chi connectivity index (χ2n) is 1.18. The Labute approximate surface area is 81.8 Å². The molecule has 0 N–H and O–H groups in total. The zero-order valence-electron chi connectivity index (χ0n) is 5.10. The molecular formula is C6H3Cl2MgS. The number of rotatable bonds is 0. The molecule has 0 aromatic carbocycles. The van der Waals surface area contributed by atoms with Crippen molar-refractivity contribution in [2.45, 2.75) is 0 Å². The van der Waals surface area contributed by atoms with Gasteiger partial charge in [0.2, 0.25) is 0 Å². The Kier molecular flexibility index (Phi) is 8.18. The highest BCUT2D eigenvalue weighted by Crippen LogP contribution is 2.00. The molecule has 0 saturated carbocycles. The van der Waals surface area contributed by atoms with Gasteiger partial charge < -0.3 is 18.1 Å². The lowest BCUT2D eigenvalue weighted by Crippen LogP contribution is -1.55. The summed E-state index contributed by atoms with van der Waals surface area (Å²) in [5.74, 6) is 2.46. The van der Waals surface area contributed by atoms with Crippen LogP contribution in [0.15, 0.2) is 11.4 Å². The van der Waals surface area contributed by atoms with Crippen molar-refractivity contribution in [3.05, 3.63) is 22.4 Å². The maximum atomic E-state index is 5.02. The lowest BCUT2D eigenvalue weighted by atomic mass is 10.4. The Hall–Kier alpha value is 0.606. The molecule has 0 spiro atoms. The van der Waals surface area contributed by atoms with Crippen molar-refractivity contribution in [2.75, 3.05) is 0 Å². The SMILES string of the molecule is C#Cc1[c]scc1.[Cl][Mg][Cl]. The smallest absolute Gasteiger partial charge is 0.309 e. The van der Waals surface area contributed by atoms with E-state index in [0.717, 1.165) is 5.56 Å². The van der Waals surface area contributed by atoms with Crippen LogP contribution in [0.2, 0.25) is 0 Å². The fraction of sp³-hybridized carbons (Fsp3) is 0. The highest BCUT2D eigenvalue weighted by atomic mass is 35.6. The van der Waals surface area contributed by atoms with Gasteiger partial charge in [-0.3, -0.25) is 0 Å². The third-order valence-electron chi connectivity index (χ3n) is 0.627. The Morgan fingerprint density at radius 1 is 1.70 bits per heavy atom. The van der Waals surface area contributed by atoms with Gasteiger partial charge in [-0.25, -0.2) is 0 Å². The summed E-state index contributed by atoms with van der Waals surface area (Å²) in [4.78, 5) is 0. The van der Waals surface area contributed by atoms with Crippen LogP contribution < -0.4 is 0 Å². The van der Waals surface area contributed by atoms with Gasteiger partial charge in [0.15, 0.2) is 0 Å². The van der Waals surface area contributed by atoms with Crippen LogP contribution in [0, 0.1) is 17.7 Å². The first-order chi connectivity index (χ1) is 4.85. The van der Waals surface area contributed by atoms with Crippen molar-refractivity contribution in [2.24, 2.45) is 0 Å². The lowest BCUT2D eigenvalue weighted by Gasteiger charge is -1.65. The van der Waals surface area contributed by atoms with E-state index in [9.17, 15) is 0 Å². The molecule has 0 aliphatic heterocycles. The lowest BCUT2D eigenvalue weighted by molar-refractivity contribution is 1.86. The summed E-state index contributed by atoms with van der Waals surface area (Å²) in [7, 11) is 9.81. The summed E-state index contributed by atoms with van der Waals surface area (Å²) in [5, 5.41) is 4.80.